The molecule has 0 bridgehead atoms. The van der Waals surface area contributed by atoms with Crippen LogP contribution in [0.2, 0.25) is 0 Å². The number of carbonyl (C=O) groups is 1. The third kappa shape index (κ3) is 2.70. The quantitative estimate of drug-likeness (QED) is 0.789. The summed E-state index contributed by atoms with van der Waals surface area (Å²) in [6, 6.07) is 1.55. The molecule has 2 rings (SSSR count). The molecule has 1 aliphatic rings. The van der Waals surface area contributed by atoms with Crippen LogP contribution < -0.4 is 0 Å². The highest BCUT2D eigenvalue weighted by Crippen LogP contribution is 2.28. The molecule has 0 N–H and O–H groups in total. The number of hydrogen-bond donors (Lipinski definition) is 0. The Kier molecular flexibility index (Phi) is 3.71. The summed E-state index contributed by atoms with van der Waals surface area (Å²) in [5.74, 6) is 0.369. The molecule has 0 aliphatic carbocycles. The maximum atomic E-state index is 12.2. The van der Waals surface area contributed by atoms with Crippen LogP contribution in [0.4, 0.5) is 0 Å². The van der Waals surface area contributed by atoms with Crippen LogP contribution >= 0.6 is 22.0 Å². The van der Waals surface area contributed by atoms with Crippen LogP contribution in [0.25, 0.3) is 0 Å². The topological polar surface area (TPSA) is 54.5 Å². The van der Waals surface area contributed by atoms with Gasteiger partial charge in [-0.05, 0) is 25.3 Å². The minimum Gasteiger partial charge on any atom is -0.336 e. The monoisotopic (exact) mass is 307 g/mol. The molecule has 100 valence electrons. The van der Waals surface area contributed by atoms with Gasteiger partial charge in [-0.25, -0.2) is 8.42 Å². The molecule has 1 aromatic rings. The molecule has 1 fully saturated rings. The first kappa shape index (κ1) is 13.8. The fourth-order valence-electron chi connectivity index (χ4n) is 2.31. The Morgan fingerprint density at radius 2 is 2.17 bits per heavy atom. The van der Waals surface area contributed by atoms with Crippen LogP contribution in [0.5, 0.6) is 0 Å². The second-order valence-electron chi connectivity index (χ2n) is 4.74. The number of carbonyl (C=O) groups excluding carboxylic acids is 1. The molecule has 18 heavy (non-hydrogen) atoms. The van der Waals surface area contributed by atoms with Gasteiger partial charge in [-0.2, -0.15) is 0 Å². The van der Waals surface area contributed by atoms with E-state index in [0.29, 0.717) is 11.5 Å². The minimum atomic E-state index is -3.74. The van der Waals surface area contributed by atoms with Crippen molar-refractivity contribution >= 4 is 37.0 Å². The van der Waals surface area contributed by atoms with Crippen LogP contribution in [-0.2, 0) is 9.05 Å². The number of rotatable bonds is 2. The molecular weight excluding hydrogens is 294 g/mol. The normalized spacial score (nSPS) is 24.5. The molecule has 2 atom stereocenters. The van der Waals surface area contributed by atoms with Gasteiger partial charge in [0.2, 0.25) is 0 Å². The van der Waals surface area contributed by atoms with Crippen molar-refractivity contribution in [2.75, 3.05) is 6.54 Å². The standard InChI is InChI=1S/C11H14ClNO3S2/c1-7-3-8(2)13(5-7)11(14)9-4-10(17-6-9)18(12,15)16/h4,6-8H,3,5H2,1-2H3. The predicted molar refractivity (Wildman–Crippen MR) is 71.6 cm³/mol. The van der Waals surface area contributed by atoms with Crippen molar-refractivity contribution in [1.82, 2.24) is 4.90 Å². The molecule has 1 saturated heterocycles. The molecular formula is C11H14ClNO3S2. The SMILES string of the molecule is CC1CC(C)N(C(=O)c2csc(S(=O)(=O)Cl)c2)C1. The molecule has 0 saturated carbocycles. The van der Waals surface area contributed by atoms with Gasteiger partial charge in [0.1, 0.15) is 4.21 Å². The maximum absolute atomic E-state index is 12.2. The lowest BCUT2D eigenvalue weighted by atomic mass is 10.1. The number of thiophene rings is 1. The second-order valence-corrected chi connectivity index (χ2v) is 8.44. The van der Waals surface area contributed by atoms with E-state index in [4.69, 9.17) is 10.7 Å². The lowest BCUT2D eigenvalue weighted by Crippen LogP contribution is -2.33. The Balaban J connectivity index is 2.22. The number of nitrogens with zero attached hydrogens (tertiary/aromatic N) is 1. The molecule has 0 radical (unpaired) electrons. The zero-order valence-electron chi connectivity index (χ0n) is 10.1. The van der Waals surface area contributed by atoms with Gasteiger partial charge in [0, 0.05) is 28.6 Å². The summed E-state index contributed by atoms with van der Waals surface area (Å²) in [4.78, 5) is 14.0. The third-order valence-corrected chi connectivity index (χ3v) is 6.15. The summed E-state index contributed by atoms with van der Waals surface area (Å²) >= 11 is 0.978. The van der Waals surface area contributed by atoms with Gasteiger partial charge in [-0.1, -0.05) is 6.92 Å². The summed E-state index contributed by atoms with van der Waals surface area (Å²) < 4.78 is 22.3. The van der Waals surface area contributed by atoms with Crippen molar-refractivity contribution in [2.45, 2.75) is 30.5 Å². The first-order valence-electron chi connectivity index (χ1n) is 5.63. The van der Waals surface area contributed by atoms with E-state index in [9.17, 15) is 13.2 Å². The lowest BCUT2D eigenvalue weighted by Gasteiger charge is -2.20. The Labute approximate surface area is 115 Å². The van der Waals surface area contributed by atoms with Gasteiger partial charge < -0.3 is 4.90 Å². The van der Waals surface area contributed by atoms with Gasteiger partial charge in [0.05, 0.1) is 5.56 Å². The fraction of sp³-hybridized carbons (Fsp3) is 0.545. The highest BCUT2D eigenvalue weighted by molar-refractivity contribution is 8.15. The first-order chi connectivity index (χ1) is 8.29. The van der Waals surface area contributed by atoms with E-state index in [1.807, 2.05) is 6.92 Å². The van der Waals surface area contributed by atoms with Crippen molar-refractivity contribution in [3.63, 3.8) is 0 Å². The largest absolute Gasteiger partial charge is 0.336 e. The summed E-state index contributed by atoms with van der Waals surface area (Å²) in [5.41, 5.74) is 0.403. The Bertz CT molecular complexity index is 567. The Morgan fingerprint density at radius 3 is 2.61 bits per heavy atom. The van der Waals surface area contributed by atoms with Gasteiger partial charge in [-0.15, -0.1) is 11.3 Å². The van der Waals surface area contributed by atoms with E-state index in [0.717, 1.165) is 24.3 Å². The highest BCUT2D eigenvalue weighted by Gasteiger charge is 2.31. The van der Waals surface area contributed by atoms with E-state index in [1.165, 1.54) is 6.07 Å². The van der Waals surface area contributed by atoms with Crippen LogP contribution in [0.1, 0.15) is 30.6 Å². The van der Waals surface area contributed by atoms with Crippen molar-refractivity contribution in [3.8, 4) is 0 Å². The second kappa shape index (κ2) is 4.83. The van der Waals surface area contributed by atoms with E-state index in [2.05, 4.69) is 6.92 Å². The number of hydrogen-bond acceptors (Lipinski definition) is 4. The summed E-state index contributed by atoms with van der Waals surface area (Å²) in [6.45, 7) is 4.83. The molecule has 0 spiro atoms. The summed E-state index contributed by atoms with van der Waals surface area (Å²) in [6.07, 6.45) is 0.983. The fourth-order valence-corrected chi connectivity index (χ4v) is 4.25. The number of likely N-dealkylation sites (tertiary alicyclic amines) is 1. The van der Waals surface area contributed by atoms with Gasteiger partial charge in [0.25, 0.3) is 15.0 Å². The number of amides is 1. The van der Waals surface area contributed by atoms with Gasteiger partial charge in [-0.3, -0.25) is 4.79 Å². The van der Waals surface area contributed by atoms with E-state index in [-0.39, 0.29) is 16.2 Å². The predicted octanol–water partition coefficient (Wildman–Crippen LogP) is 2.55. The molecule has 1 amide bonds. The van der Waals surface area contributed by atoms with Crippen molar-refractivity contribution < 1.29 is 13.2 Å². The first-order valence-corrected chi connectivity index (χ1v) is 8.82. The van der Waals surface area contributed by atoms with Crippen molar-refractivity contribution in [3.05, 3.63) is 17.0 Å². The lowest BCUT2D eigenvalue weighted by molar-refractivity contribution is 0.0744. The molecule has 2 unspecified atom stereocenters. The van der Waals surface area contributed by atoms with E-state index >= 15 is 0 Å². The highest BCUT2D eigenvalue weighted by atomic mass is 35.7. The smallest absolute Gasteiger partial charge is 0.270 e. The average Bonchev–Trinajstić information content (AvgIpc) is 2.83. The molecule has 1 aromatic heterocycles. The zero-order chi connectivity index (χ0) is 13.5. The Morgan fingerprint density at radius 1 is 1.50 bits per heavy atom. The van der Waals surface area contributed by atoms with Gasteiger partial charge >= 0.3 is 0 Å². The molecule has 7 heteroatoms. The average molecular weight is 308 g/mol. The van der Waals surface area contributed by atoms with Crippen LogP contribution in [0, 0.1) is 5.92 Å². The maximum Gasteiger partial charge on any atom is 0.270 e. The third-order valence-electron chi connectivity index (χ3n) is 3.11. The van der Waals surface area contributed by atoms with Crippen molar-refractivity contribution in [2.24, 2.45) is 5.92 Å². The molecule has 0 aromatic carbocycles. The summed E-state index contributed by atoms with van der Waals surface area (Å²) in [5, 5.41) is 1.55. The van der Waals surface area contributed by atoms with E-state index < -0.39 is 9.05 Å². The number of halogens is 1. The molecule has 4 nitrogen and oxygen atoms in total. The van der Waals surface area contributed by atoms with Gasteiger partial charge in [0.15, 0.2) is 0 Å². The zero-order valence-corrected chi connectivity index (χ0v) is 12.5. The minimum absolute atomic E-state index is 0.0208. The summed E-state index contributed by atoms with van der Waals surface area (Å²) in [7, 11) is 1.50. The molecule has 1 aliphatic heterocycles. The van der Waals surface area contributed by atoms with E-state index in [1.54, 1.807) is 10.3 Å². The van der Waals surface area contributed by atoms with Crippen LogP contribution in [0.3, 0.4) is 0 Å². The molecule has 2 heterocycles. The Hall–Kier alpha value is -0.590. The van der Waals surface area contributed by atoms with Crippen LogP contribution in [-0.4, -0.2) is 31.8 Å². The van der Waals surface area contributed by atoms with Crippen LogP contribution in [0.15, 0.2) is 15.7 Å². The van der Waals surface area contributed by atoms with Crippen molar-refractivity contribution in [1.29, 1.82) is 0 Å².